The summed E-state index contributed by atoms with van der Waals surface area (Å²) in [5.41, 5.74) is 2.23. The number of amides is 1. The van der Waals surface area contributed by atoms with E-state index in [0.717, 1.165) is 37.2 Å². The molecular formula is C48H50N4O8. The highest BCUT2D eigenvalue weighted by Gasteiger charge is 2.42. The molecule has 12 heteroatoms. The number of aliphatic hydroxyl groups excluding tert-OH is 1. The van der Waals surface area contributed by atoms with Crippen LogP contribution in [-0.2, 0) is 29.9 Å². The van der Waals surface area contributed by atoms with E-state index < -0.39 is 17.7 Å². The summed E-state index contributed by atoms with van der Waals surface area (Å²) in [6.07, 6.45) is 1.24. The fourth-order valence-corrected chi connectivity index (χ4v) is 7.98. The minimum absolute atomic E-state index is 0.0711. The van der Waals surface area contributed by atoms with Crippen LogP contribution < -0.4 is 20.9 Å². The van der Waals surface area contributed by atoms with Gasteiger partial charge in [-0.05, 0) is 90.4 Å². The fraction of sp³-hybridized carbons (Fsp3) is 0.271. The van der Waals surface area contributed by atoms with E-state index in [1.165, 1.54) is 17.7 Å². The number of hydrogen-bond donors (Lipinski definition) is 7. The zero-order valence-electron chi connectivity index (χ0n) is 33.2. The molecule has 1 amide bonds. The molecule has 7 rings (SSSR count). The van der Waals surface area contributed by atoms with Gasteiger partial charge in [-0.1, -0.05) is 84.9 Å². The van der Waals surface area contributed by atoms with Crippen molar-refractivity contribution in [3.63, 3.8) is 0 Å². The molecule has 60 heavy (non-hydrogen) atoms. The average Bonchev–Trinajstić information content (AvgIpc) is 3.70. The number of carbonyl (C=O) groups excluding carboxylic acids is 1. The van der Waals surface area contributed by atoms with Gasteiger partial charge in [-0.2, -0.15) is 0 Å². The summed E-state index contributed by atoms with van der Waals surface area (Å²) in [5, 5.41) is 50.1. The highest BCUT2D eigenvalue weighted by Crippen LogP contribution is 2.36. The summed E-state index contributed by atoms with van der Waals surface area (Å²) >= 11 is 0. The van der Waals surface area contributed by atoms with Crippen molar-refractivity contribution in [3.8, 4) is 11.5 Å². The van der Waals surface area contributed by atoms with Crippen LogP contribution >= 0.6 is 0 Å². The van der Waals surface area contributed by atoms with Crippen molar-refractivity contribution in [2.24, 2.45) is 5.92 Å². The Hall–Kier alpha value is -6.31. The molecule has 1 aromatic heterocycles. The predicted octanol–water partition coefficient (Wildman–Crippen LogP) is 5.64. The number of aromatic nitrogens is 1. The van der Waals surface area contributed by atoms with Crippen LogP contribution in [0.3, 0.4) is 0 Å². The van der Waals surface area contributed by atoms with Gasteiger partial charge in [-0.3, -0.25) is 14.5 Å². The first-order valence-electron chi connectivity index (χ1n) is 20.2. The lowest BCUT2D eigenvalue weighted by atomic mass is 9.81. The maximum atomic E-state index is 12.9. The third kappa shape index (κ3) is 9.92. The first kappa shape index (κ1) is 41.8. The van der Waals surface area contributed by atoms with Crippen molar-refractivity contribution in [2.45, 2.75) is 44.1 Å². The van der Waals surface area contributed by atoms with E-state index >= 15 is 0 Å². The molecule has 0 aliphatic carbocycles. The topological polar surface area (TPSA) is 184 Å². The molecule has 2 heterocycles. The Bertz CT molecular complexity index is 2470. The maximum Gasteiger partial charge on any atom is 0.345 e. The molecule has 1 saturated heterocycles. The van der Waals surface area contributed by atoms with Crippen LogP contribution in [-0.4, -0.2) is 75.0 Å². The van der Waals surface area contributed by atoms with Gasteiger partial charge in [0, 0.05) is 60.9 Å². The van der Waals surface area contributed by atoms with Gasteiger partial charge in [0.15, 0.2) is 0 Å². The van der Waals surface area contributed by atoms with E-state index in [-0.39, 0.29) is 41.4 Å². The number of aliphatic carboxylic acids is 1. The molecule has 0 spiro atoms. The molecule has 1 aliphatic heterocycles. The molecule has 0 saturated carbocycles. The average molecular weight is 811 g/mol. The van der Waals surface area contributed by atoms with Crippen LogP contribution in [0.2, 0.25) is 0 Å². The number of aromatic amines is 1. The molecule has 310 valence electrons. The number of rotatable bonds is 18. The first-order valence-corrected chi connectivity index (χ1v) is 20.2. The van der Waals surface area contributed by atoms with E-state index in [2.05, 4.69) is 32.7 Å². The zero-order chi connectivity index (χ0) is 42.1. The molecular weight excluding hydrogens is 761 g/mol. The van der Waals surface area contributed by atoms with Crippen LogP contribution in [0.5, 0.6) is 11.5 Å². The number of aliphatic hydroxyl groups is 2. The highest BCUT2D eigenvalue weighted by molar-refractivity contribution is 5.94. The third-order valence-electron chi connectivity index (χ3n) is 11.1. The van der Waals surface area contributed by atoms with Crippen LogP contribution in [0.4, 0.5) is 0 Å². The van der Waals surface area contributed by atoms with Crippen LogP contribution in [0, 0.1) is 5.92 Å². The second-order valence-corrected chi connectivity index (χ2v) is 15.4. The number of phenolic OH excluding ortho intramolecular Hbond substituents is 1. The van der Waals surface area contributed by atoms with Gasteiger partial charge in [0.1, 0.15) is 11.5 Å². The van der Waals surface area contributed by atoms with Crippen molar-refractivity contribution in [1.82, 2.24) is 20.5 Å². The monoisotopic (exact) mass is 810 g/mol. The number of phenols is 1. The van der Waals surface area contributed by atoms with Crippen LogP contribution in [0.25, 0.3) is 10.9 Å². The van der Waals surface area contributed by atoms with Gasteiger partial charge in [0.25, 0.3) is 5.91 Å². The van der Waals surface area contributed by atoms with E-state index in [0.29, 0.717) is 59.7 Å². The minimum Gasteiger partial charge on any atom is -0.506 e. The van der Waals surface area contributed by atoms with E-state index in [4.69, 9.17) is 4.74 Å². The number of carboxylic acids is 1. The number of benzene rings is 5. The Labute approximate surface area is 348 Å². The molecule has 0 bridgehead atoms. The lowest BCUT2D eigenvalue weighted by Gasteiger charge is -2.28. The quantitative estimate of drug-likeness (QED) is 0.0537. The van der Waals surface area contributed by atoms with Crippen molar-refractivity contribution in [2.75, 3.05) is 32.8 Å². The SMILES string of the molecule is O=C(NCCCOc1cccc([C@@](O)(C(=O)O)c2ccccc2C[C@@H]2CCN(Cc3ccccc3)C2)c1)c1ccc(CNC[C@H](O)c2ccc(O)c3[nH]c(=O)ccc23)cc1. The molecule has 0 unspecified atom stereocenters. The van der Waals surface area contributed by atoms with Crippen molar-refractivity contribution in [1.29, 1.82) is 0 Å². The lowest BCUT2D eigenvalue weighted by molar-refractivity contribution is -0.155. The second kappa shape index (κ2) is 19.2. The number of carboxylic acid groups (broad SMARTS) is 1. The molecule has 0 radical (unpaired) electrons. The predicted molar refractivity (Wildman–Crippen MR) is 229 cm³/mol. The minimum atomic E-state index is -2.29. The summed E-state index contributed by atoms with van der Waals surface area (Å²) < 4.78 is 5.96. The van der Waals surface area contributed by atoms with Gasteiger partial charge in [0.2, 0.25) is 11.2 Å². The Morgan fingerprint density at radius 1 is 0.900 bits per heavy atom. The summed E-state index contributed by atoms with van der Waals surface area (Å²) in [7, 11) is 0. The normalized spacial score (nSPS) is 15.7. The molecule has 5 aromatic carbocycles. The highest BCUT2D eigenvalue weighted by atomic mass is 16.5. The first-order chi connectivity index (χ1) is 29.1. The molecule has 1 aliphatic rings. The molecule has 12 nitrogen and oxygen atoms in total. The number of aromatic hydroxyl groups is 1. The summed E-state index contributed by atoms with van der Waals surface area (Å²) in [5.74, 6) is -0.940. The molecule has 6 aromatic rings. The number of fused-ring (bicyclic) bond motifs is 1. The third-order valence-corrected chi connectivity index (χ3v) is 11.1. The number of carbonyl (C=O) groups is 2. The van der Waals surface area contributed by atoms with Crippen molar-refractivity contribution in [3.05, 3.63) is 177 Å². The van der Waals surface area contributed by atoms with Gasteiger partial charge < -0.3 is 40.8 Å². The number of hydrogen-bond acceptors (Lipinski definition) is 9. The Morgan fingerprint density at radius 3 is 2.48 bits per heavy atom. The van der Waals surface area contributed by atoms with Gasteiger partial charge in [-0.25, -0.2) is 4.79 Å². The van der Waals surface area contributed by atoms with Gasteiger partial charge >= 0.3 is 5.97 Å². The van der Waals surface area contributed by atoms with Crippen LogP contribution in [0.15, 0.2) is 132 Å². The number of ether oxygens (including phenoxy) is 1. The Morgan fingerprint density at radius 2 is 1.68 bits per heavy atom. The largest absolute Gasteiger partial charge is 0.506 e. The van der Waals surface area contributed by atoms with Crippen molar-refractivity contribution >= 4 is 22.8 Å². The van der Waals surface area contributed by atoms with E-state index in [9.17, 15) is 34.8 Å². The number of likely N-dealkylation sites (tertiary alicyclic amines) is 1. The van der Waals surface area contributed by atoms with Gasteiger partial charge in [0.05, 0.1) is 18.2 Å². The summed E-state index contributed by atoms with van der Waals surface area (Å²) in [6, 6.07) is 37.3. The molecule has 7 N–H and O–H groups in total. The van der Waals surface area contributed by atoms with Gasteiger partial charge in [-0.15, -0.1) is 0 Å². The fourth-order valence-electron chi connectivity index (χ4n) is 7.98. The summed E-state index contributed by atoms with van der Waals surface area (Å²) in [4.78, 5) is 42.5. The molecule has 3 atom stereocenters. The summed E-state index contributed by atoms with van der Waals surface area (Å²) in [6.45, 7) is 3.98. The smallest absolute Gasteiger partial charge is 0.345 e. The Balaban J connectivity index is 0.875. The van der Waals surface area contributed by atoms with Crippen LogP contribution in [0.1, 0.15) is 62.7 Å². The number of nitrogens with zero attached hydrogens (tertiary/aromatic N) is 1. The van der Waals surface area contributed by atoms with Crippen molar-refractivity contribution < 1.29 is 34.8 Å². The number of nitrogens with one attached hydrogen (secondary N) is 3. The number of pyridine rings is 1. The second-order valence-electron chi connectivity index (χ2n) is 15.4. The van der Waals surface area contributed by atoms with E-state index in [1.54, 1.807) is 60.7 Å². The standard InChI is InChI=1S/C48H50N4O8/c53-42-20-18-39(40-19-21-44(55)51-45(40)42)43(54)29-49-28-32-14-16-35(17-15-32)46(56)50-23-7-25-60-38-12-6-11-37(27-38)48(59,47(57)58)41-13-5-4-10-36(41)26-34-22-24-52(31-34)30-33-8-2-1-3-9-33/h1-6,8-21,27,34,43,49,53-54,59H,7,22-26,28-31H2,(H,50,56)(H,51,55)(H,57,58)/t34-,43-,48-/m0/s1. The maximum absolute atomic E-state index is 12.9. The van der Waals surface area contributed by atoms with E-state index in [1.807, 2.05) is 42.5 Å². The molecule has 1 fully saturated rings. The number of H-pyrrole nitrogens is 1. The zero-order valence-corrected chi connectivity index (χ0v) is 33.2. The Kier molecular flexibility index (Phi) is 13.4. The lowest BCUT2D eigenvalue weighted by Crippen LogP contribution is -2.38.